The van der Waals surface area contributed by atoms with E-state index in [-0.39, 0.29) is 0 Å². The van der Waals surface area contributed by atoms with Crippen LogP contribution in [0.4, 0.5) is 0 Å². The Bertz CT molecular complexity index is 231. The molecule has 0 heteroatoms. The number of hydrogen-bond acceptors (Lipinski definition) is 0. The van der Waals surface area contributed by atoms with Gasteiger partial charge in [-0.3, -0.25) is 0 Å². The second-order valence-corrected chi connectivity index (χ2v) is 3.90. The number of hydrogen-bond donors (Lipinski definition) is 0. The molecule has 0 N–H and O–H groups in total. The predicted molar refractivity (Wildman–Crippen MR) is 52.1 cm³/mol. The molecule has 0 nitrogen and oxygen atoms in total. The van der Waals surface area contributed by atoms with Crippen molar-refractivity contribution in [1.82, 2.24) is 0 Å². The van der Waals surface area contributed by atoms with Crippen LogP contribution in [0.3, 0.4) is 0 Å². The van der Waals surface area contributed by atoms with E-state index in [9.17, 15) is 0 Å². The normalized spacial score (nSPS) is 16.2. The van der Waals surface area contributed by atoms with Crippen LogP contribution in [-0.2, 0) is 0 Å². The summed E-state index contributed by atoms with van der Waals surface area (Å²) in [5.74, 6) is 2.29. The second kappa shape index (κ2) is 2.85. The van der Waals surface area contributed by atoms with E-state index in [1.165, 1.54) is 29.9 Å². The minimum Gasteiger partial charge on any atom is -0.0457 e. The van der Waals surface area contributed by atoms with Crippen LogP contribution in [0, 0.1) is 5.92 Å². The highest BCUT2D eigenvalue weighted by molar-refractivity contribution is 5.34. The first-order chi connectivity index (χ1) is 5.77. The van der Waals surface area contributed by atoms with Crippen LogP contribution >= 0.6 is 0 Å². The number of rotatable bonds is 2. The lowest BCUT2D eigenvalue weighted by molar-refractivity contribution is 1.10. The number of benzene rings is 1. The molecule has 0 saturated heterocycles. The first kappa shape index (κ1) is 7.72. The molecule has 0 aliphatic heterocycles. The topological polar surface area (TPSA) is 0 Å². The van der Waals surface area contributed by atoms with E-state index >= 15 is 0 Å². The van der Waals surface area contributed by atoms with E-state index < -0.39 is 0 Å². The van der Waals surface area contributed by atoms with Crippen molar-refractivity contribution < 1.29 is 0 Å². The van der Waals surface area contributed by atoms with Crippen molar-refractivity contribution in [3.63, 3.8) is 0 Å². The molecule has 0 unspecified atom stereocenters. The summed E-state index contributed by atoms with van der Waals surface area (Å²) in [4.78, 5) is 0. The van der Waals surface area contributed by atoms with Crippen LogP contribution in [0.15, 0.2) is 24.3 Å². The summed E-state index contributed by atoms with van der Waals surface area (Å²) in [7, 11) is 0. The van der Waals surface area contributed by atoms with E-state index in [1.54, 1.807) is 0 Å². The summed E-state index contributed by atoms with van der Waals surface area (Å²) in [5, 5.41) is 0. The molecule has 0 atom stereocenters. The van der Waals surface area contributed by atoms with Crippen LogP contribution in [0.5, 0.6) is 0 Å². The van der Waals surface area contributed by atoms with Crippen LogP contribution < -0.4 is 0 Å². The summed E-state index contributed by atoms with van der Waals surface area (Å²) < 4.78 is 0. The van der Waals surface area contributed by atoms with E-state index in [2.05, 4.69) is 38.1 Å². The van der Waals surface area contributed by atoms with Crippen LogP contribution in [-0.4, -0.2) is 0 Å². The Balaban J connectivity index is 2.18. The summed E-state index contributed by atoms with van der Waals surface area (Å²) in [6.07, 6.45) is 2.79. The van der Waals surface area contributed by atoms with Gasteiger partial charge in [-0.25, -0.2) is 0 Å². The lowest BCUT2D eigenvalue weighted by Gasteiger charge is -1.97. The van der Waals surface area contributed by atoms with Gasteiger partial charge in [0.2, 0.25) is 0 Å². The minimum absolute atomic E-state index is 0.885. The van der Waals surface area contributed by atoms with Crippen molar-refractivity contribution in [2.75, 3.05) is 0 Å². The van der Waals surface area contributed by atoms with Crippen molar-refractivity contribution in [1.29, 1.82) is 0 Å². The van der Waals surface area contributed by atoms with Crippen molar-refractivity contribution >= 4 is 0 Å². The summed E-state index contributed by atoms with van der Waals surface area (Å²) in [5.41, 5.74) is 2.90. The molecule has 62 valence electrons. The van der Waals surface area contributed by atoms with Gasteiger partial charge in [-0.05, 0) is 36.5 Å². The van der Waals surface area contributed by atoms with Gasteiger partial charge < -0.3 is 0 Å². The van der Waals surface area contributed by atoms with E-state index in [1.807, 2.05) is 0 Å². The van der Waals surface area contributed by atoms with Gasteiger partial charge in [0, 0.05) is 31.9 Å². The maximum absolute atomic E-state index is 2.28. The zero-order chi connectivity index (χ0) is 8.55. The van der Waals surface area contributed by atoms with Gasteiger partial charge in [0.05, 0.1) is 0 Å². The molecule has 0 spiro atoms. The molecule has 1 aromatic carbocycles. The summed E-state index contributed by atoms with van der Waals surface area (Å²) in [6.45, 7) is 4.32. The largest absolute Gasteiger partial charge is 0.132 e. The first-order valence-electron chi connectivity index (χ1n) is 4.68. The van der Waals surface area contributed by atoms with Gasteiger partial charge in [0.25, 0.3) is 0 Å². The summed E-state index contributed by atoms with van der Waals surface area (Å²) >= 11 is 0. The molecule has 1 aromatic rings. The van der Waals surface area contributed by atoms with Gasteiger partial charge in [0.1, 0.15) is 5.56 Å². The monoisotopic (exact) mass is 159 g/mol. The molecule has 2 rings (SSSR count). The molecule has 0 radical (unpaired) electrons. The highest BCUT2D eigenvalue weighted by Gasteiger charge is 2.24. The van der Waals surface area contributed by atoms with Gasteiger partial charge >= 0.3 is 0 Å². The summed E-state index contributed by atoms with van der Waals surface area (Å²) in [6, 6.07) is 9.03. The molecule has 0 bridgehead atoms. The Kier molecular flexibility index (Phi) is 1.84. The molecule has 1 fully saturated rings. The first-order valence-corrected chi connectivity index (χ1v) is 4.68. The molecule has 1 aliphatic carbocycles. The Morgan fingerprint density at radius 3 is 2.08 bits per heavy atom. The zero-order valence-corrected chi connectivity index (χ0v) is 7.80. The molecular formula is C12H15+. The lowest BCUT2D eigenvalue weighted by atomic mass is 10.0. The Morgan fingerprint density at radius 1 is 1.08 bits per heavy atom. The highest BCUT2D eigenvalue weighted by Crippen LogP contribution is 2.40. The fourth-order valence-electron chi connectivity index (χ4n) is 1.51. The predicted octanol–water partition coefficient (Wildman–Crippen LogP) is 3.53. The van der Waals surface area contributed by atoms with Gasteiger partial charge in [0.15, 0.2) is 0 Å². The fourth-order valence-corrected chi connectivity index (χ4v) is 1.51. The molecule has 0 heterocycles. The van der Waals surface area contributed by atoms with Crippen LogP contribution in [0.2, 0.25) is 0 Å². The Morgan fingerprint density at radius 2 is 1.67 bits per heavy atom. The molecule has 0 amide bonds. The zero-order valence-electron chi connectivity index (χ0n) is 7.80. The van der Waals surface area contributed by atoms with Crippen molar-refractivity contribution in [3.05, 3.63) is 41.3 Å². The molecular weight excluding hydrogens is 144 g/mol. The molecule has 1 aliphatic rings. The maximum Gasteiger partial charge on any atom is 0.132 e. The van der Waals surface area contributed by atoms with E-state index in [0.717, 1.165) is 5.92 Å². The second-order valence-electron chi connectivity index (χ2n) is 3.90. The van der Waals surface area contributed by atoms with Crippen molar-refractivity contribution in [2.24, 2.45) is 0 Å². The van der Waals surface area contributed by atoms with Crippen molar-refractivity contribution in [2.45, 2.75) is 32.6 Å². The van der Waals surface area contributed by atoms with Gasteiger partial charge in [-0.15, -0.1) is 0 Å². The third-order valence-corrected chi connectivity index (χ3v) is 2.54. The third-order valence-electron chi connectivity index (χ3n) is 2.54. The highest BCUT2D eigenvalue weighted by atomic mass is 14.3. The van der Waals surface area contributed by atoms with Crippen molar-refractivity contribution in [3.8, 4) is 0 Å². The van der Waals surface area contributed by atoms with E-state index in [0.29, 0.717) is 0 Å². The average molecular weight is 159 g/mol. The Hall–Kier alpha value is -0.910. The standard InChI is InChI=1S/C12H15/c1-9(2)10-3-5-11(6-4-10)12-7-8-12/h3-6,12H,7-8H2,1-2H3/q+1. The Labute approximate surface area is 74.6 Å². The third kappa shape index (κ3) is 1.47. The molecule has 0 aromatic heterocycles. The quantitative estimate of drug-likeness (QED) is 0.579. The smallest absolute Gasteiger partial charge is 0.0457 e. The SMILES string of the molecule is C[C+](C)c1ccc(C2CC2)cc1. The van der Waals surface area contributed by atoms with Gasteiger partial charge in [-0.1, -0.05) is 0 Å². The fraction of sp³-hybridized carbons (Fsp3) is 0.417. The van der Waals surface area contributed by atoms with Gasteiger partial charge in [-0.2, -0.15) is 0 Å². The molecule has 1 saturated carbocycles. The lowest BCUT2D eigenvalue weighted by Crippen LogP contribution is -1.88. The van der Waals surface area contributed by atoms with E-state index in [4.69, 9.17) is 0 Å². The average Bonchev–Trinajstić information content (AvgIpc) is 2.87. The minimum atomic E-state index is 0.885. The maximum atomic E-state index is 2.28. The van der Waals surface area contributed by atoms with Crippen LogP contribution in [0.1, 0.15) is 43.7 Å². The molecule has 12 heavy (non-hydrogen) atoms. The van der Waals surface area contributed by atoms with Crippen LogP contribution in [0.25, 0.3) is 0 Å².